The lowest BCUT2D eigenvalue weighted by Crippen LogP contribution is -2.38. The number of aliphatic hydroxyl groups is 1. The molecule has 0 radical (unpaired) electrons. The molecule has 0 bridgehead atoms. The zero-order valence-corrected chi connectivity index (χ0v) is 10.7. The molecule has 0 aliphatic carbocycles. The van der Waals surface area contributed by atoms with Crippen LogP contribution in [0.1, 0.15) is 19.0 Å². The van der Waals surface area contributed by atoms with Gasteiger partial charge >= 0.3 is 0 Å². The van der Waals surface area contributed by atoms with E-state index >= 15 is 0 Å². The van der Waals surface area contributed by atoms with E-state index in [4.69, 9.17) is 5.11 Å². The fourth-order valence-electron chi connectivity index (χ4n) is 1.35. The second-order valence-electron chi connectivity index (χ2n) is 3.80. The molecule has 5 nitrogen and oxygen atoms in total. The number of rotatable bonds is 7. The molecule has 0 amide bonds. The number of aliphatic hydroxyl groups excluding tert-OH is 1. The predicted molar refractivity (Wildman–Crippen MR) is 66.0 cm³/mol. The van der Waals surface area contributed by atoms with Crippen LogP contribution in [0, 0.1) is 0 Å². The average Bonchev–Trinajstić information content (AvgIpc) is 2.35. The van der Waals surface area contributed by atoms with Crippen molar-refractivity contribution in [3.8, 4) is 0 Å². The van der Waals surface area contributed by atoms with Crippen molar-refractivity contribution >= 4 is 10.0 Å². The highest BCUT2D eigenvalue weighted by molar-refractivity contribution is 7.89. The van der Waals surface area contributed by atoms with E-state index in [1.165, 1.54) is 0 Å². The molecule has 0 aromatic carbocycles. The summed E-state index contributed by atoms with van der Waals surface area (Å²) in [5, 5.41) is 8.94. The van der Waals surface area contributed by atoms with Gasteiger partial charge in [-0.2, -0.15) is 0 Å². The van der Waals surface area contributed by atoms with Gasteiger partial charge in [0, 0.05) is 24.4 Å². The van der Waals surface area contributed by atoms with E-state index < -0.39 is 16.1 Å². The van der Waals surface area contributed by atoms with Crippen LogP contribution in [0.3, 0.4) is 0 Å². The van der Waals surface area contributed by atoms with Gasteiger partial charge in [0.1, 0.15) is 0 Å². The van der Waals surface area contributed by atoms with E-state index in [1.54, 1.807) is 18.3 Å². The number of sulfonamides is 1. The first-order chi connectivity index (χ1) is 8.07. The average molecular weight is 258 g/mol. The molecular formula is C11H18N2O3S. The molecule has 0 fully saturated rings. The molecule has 0 saturated heterocycles. The molecule has 0 aliphatic heterocycles. The van der Waals surface area contributed by atoms with Crippen molar-refractivity contribution in [3.05, 3.63) is 30.1 Å². The third-order valence-corrected chi connectivity index (χ3v) is 3.85. The van der Waals surface area contributed by atoms with Crippen LogP contribution >= 0.6 is 0 Å². The lowest BCUT2D eigenvalue weighted by Gasteiger charge is -2.13. The van der Waals surface area contributed by atoms with Crippen molar-refractivity contribution in [2.75, 3.05) is 12.4 Å². The van der Waals surface area contributed by atoms with E-state index in [-0.39, 0.29) is 12.4 Å². The van der Waals surface area contributed by atoms with E-state index in [1.807, 2.05) is 13.0 Å². The Hall–Kier alpha value is -0.980. The Kier molecular flexibility index (Phi) is 5.54. The fourth-order valence-corrected chi connectivity index (χ4v) is 2.69. The smallest absolute Gasteiger partial charge is 0.212 e. The Morgan fingerprint density at radius 3 is 2.76 bits per heavy atom. The number of pyridine rings is 1. The molecular weight excluding hydrogens is 240 g/mol. The van der Waals surface area contributed by atoms with Gasteiger partial charge in [0.15, 0.2) is 0 Å². The van der Waals surface area contributed by atoms with Gasteiger partial charge in [-0.1, -0.05) is 13.0 Å². The summed E-state index contributed by atoms with van der Waals surface area (Å²) in [6.07, 6.45) is 2.58. The minimum atomic E-state index is -3.35. The Labute approximate surface area is 102 Å². The summed E-state index contributed by atoms with van der Waals surface area (Å²) in [5.74, 6) is -0.0134. The van der Waals surface area contributed by atoms with Crippen LogP contribution in [0.25, 0.3) is 0 Å². The Balaban J connectivity index is 2.50. The van der Waals surface area contributed by atoms with Crippen molar-refractivity contribution in [2.45, 2.75) is 25.8 Å². The second kappa shape index (κ2) is 6.68. The zero-order chi connectivity index (χ0) is 12.7. The monoisotopic (exact) mass is 258 g/mol. The highest BCUT2D eigenvalue weighted by Gasteiger charge is 2.15. The minimum absolute atomic E-state index is 0.0134. The Bertz CT molecular complexity index is 416. The molecule has 1 rings (SSSR count). The largest absolute Gasteiger partial charge is 0.395 e. The van der Waals surface area contributed by atoms with Crippen molar-refractivity contribution in [2.24, 2.45) is 0 Å². The first kappa shape index (κ1) is 14.1. The Morgan fingerprint density at radius 2 is 2.24 bits per heavy atom. The van der Waals surface area contributed by atoms with E-state index in [9.17, 15) is 8.42 Å². The summed E-state index contributed by atoms with van der Waals surface area (Å²) in [6, 6.07) is 5.00. The summed E-state index contributed by atoms with van der Waals surface area (Å²) >= 11 is 0. The van der Waals surface area contributed by atoms with E-state index in [0.29, 0.717) is 12.8 Å². The number of hydrogen-bond acceptors (Lipinski definition) is 4. The summed E-state index contributed by atoms with van der Waals surface area (Å²) in [6.45, 7) is 1.64. The first-order valence-corrected chi connectivity index (χ1v) is 7.23. The number of aryl methyl sites for hydroxylation is 1. The van der Waals surface area contributed by atoms with Crippen LogP contribution < -0.4 is 4.72 Å². The predicted octanol–water partition coefficient (Wildman–Crippen LogP) is 0.314. The zero-order valence-electron chi connectivity index (χ0n) is 9.83. The summed E-state index contributed by atoms with van der Waals surface area (Å²) < 4.78 is 25.8. The van der Waals surface area contributed by atoms with Crippen LogP contribution in [0.2, 0.25) is 0 Å². The van der Waals surface area contributed by atoms with Gasteiger partial charge < -0.3 is 5.11 Å². The Morgan fingerprint density at radius 1 is 1.47 bits per heavy atom. The number of nitrogens with zero attached hydrogens (tertiary/aromatic N) is 1. The lowest BCUT2D eigenvalue weighted by molar-refractivity contribution is 0.254. The SMILES string of the molecule is CCC(CO)NS(=O)(=O)CCc1ccccn1. The maximum atomic E-state index is 11.7. The summed E-state index contributed by atoms with van der Waals surface area (Å²) in [5.41, 5.74) is 0.745. The van der Waals surface area contributed by atoms with Crippen molar-refractivity contribution in [1.29, 1.82) is 0 Å². The molecule has 0 saturated carbocycles. The van der Waals surface area contributed by atoms with Crippen LogP contribution in [0.5, 0.6) is 0 Å². The van der Waals surface area contributed by atoms with Crippen LogP contribution in [-0.2, 0) is 16.4 Å². The van der Waals surface area contributed by atoms with Crippen LogP contribution in [-0.4, -0.2) is 36.9 Å². The highest BCUT2D eigenvalue weighted by Crippen LogP contribution is 1.99. The normalized spacial score (nSPS) is 13.5. The quantitative estimate of drug-likeness (QED) is 0.738. The number of aromatic nitrogens is 1. The standard InChI is InChI=1S/C11H18N2O3S/c1-2-10(9-14)13-17(15,16)8-6-11-5-3-4-7-12-11/h3-5,7,10,13-14H,2,6,8-9H2,1H3. The van der Waals surface area contributed by atoms with Gasteiger partial charge in [0.2, 0.25) is 10.0 Å². The van der Waals surface area contributed by atoms with Gasteiger partial charge in [-0.3, -0.25) is 4.98 Å². The molecule has 6 heteroatoms. The topological polar surface area (TPSA) is 79.3 Å². The van der Waals surface area contributed by atoms with Crippen molar-refractivity contribution in [3.63, 3.8) is 0 Å². The van der Waals surface area contributed by atoms with Crippen molar-refractivity contribution < 1.29 is 13.5 Å². The van der Waals surface area contributed by atoms with Gasteiger partial charge in [0.25, 0.3) is 0 Å². The number of nitrogens with one attached hydrogen (secondary N) is 1. The van der Waals surface area contributed by atoms with Gasteiger partial charge in [-0.15, -0.1) is 0 Å². The van der Waals surface area contributed by atoms with E-state index in [2.05, 4.69) is 9.71 Å². The third-order valence-electron chi connectivity index (χ3n) is 2.41. The molecule has 96 valence electrons. The summed E-state index contributed by atoms with van der Waals surface area (Å²) in [7, 11) is -3.35. The van der Waals surface area contributed by atoms with Gasteiger partial charge in [0.05, 0.1) is 12.4 Å². The molecule has 1 atom stereocenters. The van der Waals surface area contributed by atoms with Crippen molar-refractivity contribution in [1.82, 2.24) is 9.71 Å². The molecule has 2 N–H and O–H groups in total. The molecule has 1 aromatic heterocycles. The lowest BCUT2D eigenvalue weighted by atomic mass is 10.3. The number of hydrogen-bond donors (Lipinski definition) is 2. The van der Waals surface area contributed by atoms with E-state index in [0.717, 1.165) is 5.69 Å². The molecule has 1 heterocycles. The molecule has 1 aromatic rings. The molecule has 17 heavy (non-hydrogen) atoms. The van der Waals surface area contributed by atoms with Crippen LogP contribution in [0.4, 0.5) is 0 Å². The maximum absolute atomic E-state index is 11.7. The first-order valence-electron chi connectivity index (χ1n) is 5.58. The highest BCUT2D eigenvalue weighted by atomic mass is 32.2. The minimum Gasteiger partial charge on any atom is -0.395 e. The molecule has 0 aliphatic rings. The van der Waals surface area contributed by atoms with Gasteiger partial charge in [-0.05, 0) is 18.6 Å². The molecule has 0 spiro atoms. The maximum Gasteiger partial charge on any atom is 0.212 e. The van der Waals surface area contributed by atoms with Gasteiger partial charge in [-0.25, -0.2) is 13.1 Å². The summed E-state index contributed by atoms with van der Waals surface area (Å²) in [4.78, 5) is 4.06. The third kappa shape index (κ3) is 5.25. The fraction of sp³-hybridized carbons (Fsp3) is 0.545. The second-order valence-corrected chi connectivity index (χ2v) is 5.67. The molecule has 1 unspecified atom stereocenters. The van der Waals surface area contributed by atoms with Crippen LogP contribution in [0.15, 0.2) is 24.4 Å².